The fraction of sp³-hybridized carbons (Fsp3) is 0.400. The van der Waals surface area contributed by atoms with Gasteiger partial charge in [0.05, 0.1) is 19.4 Å². The Bertz CT molecular complexity index is 1040. The van der Waals surface area contributed by atoms with Gasteiger partial charge in [-0.1, -0.05) is 31.5 Å². The summed E-state index contributed by atoms with van der Waals surface area (Å²) in [4.78, 5) is 0. The second kappa shape index (κ2) is 11.2. The van der Waals surface area contributed by atoms with E-state index in [0.29, 0.717) is 23.9 Å². The molecule has 1 unspecified atom stereocenters. The van der Waals surface area contributed by atoms with Crippen molar-refractivity contribution >= 4 is 17.7 Å². The van der Waals surface area contributed by atoms with Crippen LogP contribution in [0.3, 0.4) is 0 Å². The Morgan fingerprint density at radius 1 is 0.938 bits per heavy atom. The van der Waals surface area contributed by atoms with E-state index in [1.54, 1.807) is 31.2 Å². The van der Waals surface area contributed by atoms with Crippen molar-refractivity contribution in [1.82, 2.24) is 0 Å². The maximum atomic E-state index is 12.7. The Balaban J connectivity index is 2.09. The highest BCUT2D eigenvalue weighted by Crippen LogP contribution is 2.49. The summed E-state index contributed by atoms with van der Waals surface area (Å²) in [6.45, 7) is 3.96. The lowest BCUT2D eigenvalue weighted by molar-refractivity contribution is -0.0500. The second-order valence-corrected chi connectivity index (χ2v) is 10.3. The molecule has 2 aromatic carbocycles. The lowest BCUT2D eigenvalue weighted by Crippen LogP contribution is -2.28. The molecule has 0 spiro atoms. The molecule has 0 amide bonds. The van der Waals surface area contributed by atoms with Crippen LogP contribution in [0.1, 0.15) is 32.3 Å². The lowest BCUT2D eigenvalue weighted by Gasteiger charge is -2.18. The fourth-order valence-corrected chi connectivity index (χ4v) is 4.71. The topological polar surface area (TPSA) is 88.1 Å². The molecule has 7 nitrogen and oxygen atoms in total. The average molecular weight is 496 g/mol. The van der Waals surface area contributed by atoms with E-state index < -0.39 is 29.0 Å². The van der Waals surface area contributed by atoms with Crippen molar-refractivity contribution in [3.63, 3.8) is 0 Å². The number of rotatable bonds is 12. The number of halogens is 3. The number of hydrogen-bond donors (Lipinski definition) is 0. The van der Waals surface area contributed by atoms with Crippen LogP contribution in [0.25, 0.3) is 0 Å². The van der Waals surface area contributed by atoms with E-state index in [2.05, 4.69) is 4.18 Å². The van der Waals surface area contributed by atoms with E-state index in [9.17, 15) is 26.2 Å². The molecule has 178 valence electrons. The summed E-state index contributed by atoms with van der Waals surface area (Å²) in [5.74, 6) is -0.185. The van der Waals surface area contributed by atoms with Crippen molar-refractivity contribution < 1.29 is 44.1 Å². The van der Waals surface area contributed by atoms with Crippen LogP contribution in [-0.2, 0) is 30.3 Å². The summed E-state index contributed by atoms with van der Waals surface area (Å²) in [7, 11) is -9.02. The van der Waals surface area contributed by atoms with Gasteiger partial charge in [0.25, 0.3) is 0 Å². The van der Waals surface area contributed by atoms with Gasteiger partial charge in [-0.3, -0.25) is 4.57 Å². The smallest absolute Gasteiger partial charge is 0.457 e. The van der Waals surface area contributed by atoms with E-state index in [-0.39, 0.29) is 19.0 Å². The minimum atomic E-state index is -5.79. The first-order chi connectivity index (χ1) is 15.0. The molecule has 1 atom stereocenters. The summed E-state index contributed by atoms with van der Waals surface area (Å²) in [5, 5.41) is 0. The quantitative estimate of drug-likeness (QED) is 0.195. The van der Waals surface area contributed by atoms with Crippen LogP contribution in [-0.4, -0.2) is 26.7 Å². The minimum absolute atomic E-state index is 0.00513. The van der Waals surface area contributed by atoms with Crippen LogP contribution >= 0.6 is 7.60 Å². The van der Waals surface area contributed by atoms with Gasteiger partial charge in [-0.15, -0.1) is 0 Å². The SMILES string of the molecule is CCCCP(=O)(OCC)OCc1cccc(Oc2cccc(OS(=O)(=O)C(F)(F)F)c2)c1. The van der Waals surface area contributed by atoms with Gasteiger partial charge in [0.2, 0.25) is 0 Å². The van der Waals surface area contributed by atoms with Crippen LogP contribution in [0, 0.1) is 0 Å². The van der Waals surface area contributed by atoms with Gasteiger partial charge in [-0.05, 0) is 43.2 Å². The maximum Gasteiger partial charge on any atom is 0.534 e. The molecule has 0 aliphatic carbocycles. The zero-order valence-electron chi connectivity index (χ0n) is 17.5. The molecule has 0 radical (unpaired) electrons. The molecule has 2 rings (SSSR count). The highest BCUT2D eigenvalue weighted by atomic mass is 32.2. The van der Waals surface area contributed by atoms with Crippen LogP contribution < -0.4 is 8.92 Å². The molecule has 32 heavy (non-hydrogen) atoms. The van der Waals surface area contributed by atoms with E-state index in [1.807, 2.05) is 6.92 Å². The highest BCUT2D eigenvalue weighted by molar-refractivity contribution is 7.88. The molecule has 2 aromatic rings. The highest BCUT2D eigenvalue weighted by Gasteiger charge is 2.48. The number of alkyl halides is 3. The molecule has 12 heteroatoms. The zero-order valence-corrected chi connectivity index (χ0v) is 19.2. The molecular formula is C20H24F3O7PS. The molecule has 0 fully saturated rings. The standard InChI is InChI=1S/C20H24F3O7PS/c1-3-5-12-31(24,27-4-2)28-15-16-8-6-9-17(13-16)29-18-10-7-11-19(14-18)30-32(25,26)20(21,22)23/h6-11,13-14H,3-5,12,15H2,1-2H3. The zero-order chi connectivity index (χ0) is 23.8. The van der Waals surface area contributed by atoms with Crippen LogP contribution in [0.15, 0.2) is 48.5 Å². The Hall–Kier alpha value is -2.07. The molecular weight excluding hydrogens is 472 g/mol. The van der Waals surface area contributed by atoms with Crippen molar-refractivity contribution in [2.75, 3.05) is 12.8 Å². The van der Waals surface area contributed by atoms with Crippen molar-refractivity contribution in [2.45, 2.75) is 38.8 Å². The molecule has 0 saturated carbocycles. The summed E-state index contributed by atoms with van der Waals surface area (Å²) in [5.41, 5.74) is -4.91. The lowest BCUT2D eigenvalue weighted by atomic mass is 10.2. The summed E-state index contributed by atoms with van der Waals surface area (Å²) < 4.78 is 93.1. The van der Waals surface area contributed by atoms with Gasteiger partial charge >= 0.3 is 23.2 Å². The molecule has 0 aromatic heterocycles. The van der Waals surface area contributed by atoms with Gasteiger partial charge in [0.1, 0.15) is 17.2 Å². The van der Waals surface area contributed by atoms with E-state index >= 15 is 0 Å². The van der Waals surface area contributed by atoms with E-state index in [0.717, 1.165) is 18.6 Å². The van der Waals surface area contributed by atoms with Crippen molar-refractivity contribution in [3.8, 4) is 17.2 Å². The van der Waals surface area contributed by atoms with Gasteiger partial charge in [-0.2, -0.15) is 21.6 Å². The first kappa shape index (κ1) is 26.2. The second-order valence-electron chi connectivity index (χ2n) is 6.59. The Labute approximate surface area is 185 Å². The molecule has 0 saturated heterocycles. The van der Waals surface area contributed by atoms with Crippen LogP contribution in [0.2, 0.25) is 0 Å². The van der Waals surface area contributed by atoms with Crippen molar-refractivity contribution in [3.05, 3.63) is 54.1 Å². The van der Waals surface area contributed by atoms with Crippen molar-refractivity contribution in [2.24, 2.45) is 0 Å². The maximum absolute atomic E-state index is 12.7. The minimum Gasteiger partial charge on any atom is -0.457 e. The monoisotopic (exact) mass is 496 g/mol. The molecule has 0 heterocycles. The summed E-state index contributed by atoms with van der Waals surface area (Å²) in [6, 6.07) is 11.3. The average Bonchev–Trinajstić information content (AvgIpc) is 2.71. The molecule has 0 bridgehead atoms. The summed E-state index contributed by atoms with van der Waals surface area (Å²) in [6.07, 6.45) is 1.85. The van der Waals surface area contributed by atoms with Crippen LogP contribution in [0.4, 0.5) is 13.2 Å². The van der Waals surface area contributed by atoms with E-state index in [4.69, 9.17) is 13.8 Å². The molecule has 0 aliphatic rings. The third-order valence-electron chi connectivity index (χ3n) is 3.97. The Kier molecular flexibility index (Phi) is 9.15. The van der Waals surface area contributed by atoms with Crippen molar-refractivity contribution in [1.29, 1.82) is 0 Å². The molecule has 0 aliphatic heterocycles. The number of benzene rings is 2. The number of unbranched alkanes of at least 4 members (excludes halogenated alkanes) is 1. The van der Waals surface area contributed by atoms with Gasteiger partial charge in [0.15, 0.2) is 0 Å². The predicted octanol–water partition coefficient (Wildman–Crippen LogP) is 6.25. The van der Waals surface area contributed by atoms with E-state index in [1.165, 1.54) is 12.1 Å². The first-order valence-electron chi connectivity index (χ1n) is 9.74. The number of hydrogen-bond acceptors (Lipinski definition) is 7. The third-order valence-corrected chi connectivity index (χ3v) is 6.99. The first-order valence-corrected chi connectivity index (χ1v) is 12.9. The van der Waals surface area contributed by atoms with Crippen LogP contribution in [0.5, 0.6) is 17.2 Å². The van der Waals surface area contributed by atoms with Gasteiger partial charge in [-0.25, -0.2) is 0 Å². The third kappa shape index (κ3) is 7.81. The number of ether oxygens (including phenoxy) is 1. The largest absolute Gasteiger partial charge is 0.534 e. The van der Waals surface area contributed by atoms with Gasteiger partial charge in [0, 0.05) is 6.07 Å². The normalized spacial score (nSPS) is 14.0. The predicted molar refractivity (Wildman–Crippen MR) is 112 cm³/mol. The van der Waals surface area contributed by atoms with Gasteiger partial charge < -0.3 is 18.0 Å². The Morgan fingerprint density at radius 2 is 1.56 bits per heavy atom. The Morgan fingerprint density at radius 3 is 2.19 bits per heavy atom. The fourth-order valence-electron chi connectivity index (χ4n) is 2.49. The summed E-state index contributed by atoms with van der Waals surface area (Å²) >= 11 is 0. The molecule has 0 N–H and O–H groups in total.